The summed E-state index contributed by atoms with van der Waals surface area (Å²) in [6, 6.07) is 9.27. The fourth-order valence-corrected chi connectivity index (χ4v) is 4.43. The fourth-order valence-electron chi connectivity index (χ4n) is 2.83. The van der Waals surface area contributed by atoms with Crippen LogP contribution in [0, 0.1) is 0 Å². The molecule has 0 radical (unpaired) electrons. The monoisotopic (exact) mass is 344 g/mol. The van der Waals surface area contributed by atoms with Gasteiger partial charge in [0, 0.05) is 26.2 Å². The van der Waals surface area contributed by atoms with Crippen LogP contribution in [0.4, 0.5) is 0 Å². The highest BCUT2D eigenvalue weighted by Crippen LogP contribution is 2.25. The van der Waals surface area contributed by atoms with Gasteiger partial charge in [-0.15, -0.1) is 0 Å². The largest absolute Gasteiger partial charge is 0.387 e. The van der Waals surface area contributed by atoms with Gasteiger partial charge in [-0.2, -0.15) is 17.0 Å². The summed E-state index contributed by atoms with van der Waals surface area (Å²) in [5, 5.41) is 28.7. The molecule has 9 heteroatoms. The molecule has 0 bridgehead atoms. The van der Waals surface area contributed by atoms with E-state index in [-0.39, 0.29) is 19.6 Å². The maximum atomic E-state index is 12.5. The molecule has 1 aromatic carbocycles. The molecule has 4 atom stereocenters. The number of benzene rings is 1. The number of aliphatic hydroxyl groups is 3. The lowest BCUT2D eigenvalue weighted by atomic mass is 10.1. The lowest BCUT2D eigenvalue weighted by Crippen LogP contribution is -2.42. The van der Waals surface area contributed by atoms with Crippen LogP contribution in [0.25, 0.3) is 0 Å². The smallest absolute Gasteiger partial charge is 0.282 e. The molecule has 0 aliphatic carbocycles. The first-order valence-electron chi connectivity index (χ1n) is 7.38. The molecule has 0 amide bonds. The van der Waals surface area contributed by atoms with Gasteiger partial charge in [0.25, 0.3) is 10.2 Å². The summed E-state index contributed by atoms with van der Waals surface area (Å²) in [6.07, 6.45) is -5.19. The molecule has 2 aliphatic rings. The van der Waals surface area contributed by atoms with Crippen molar-refractivity contribution < 1.29 is 28.5 Å². The quantitative estimate of drug-likeness (QED) is 0.612. The van der Waals surface area contributed by atoms with E-state index in [0.29, 0.717) is 6.54 Å². The van der Waals surface area contributed by atoms with Gasteiger partial charge in [-0.1, -0.05) is 30.3 Å². The van der Waals surface area contributed by atoms with Crippen molar-refractivity contribution in [2.45, 2.75) is 31.1 Å². The van der Waals surface area contributed by atoms with Gasteiger partial charge in [0.15, 0.2) is 6.29 Å². The topological polar surface area (TPSA) is 111 Å². The summed E-state index contributed by atoms with van der Waals surface area (Å²) in [4.78, 5) is 0. The Bertz CT molecular complexity index is 640. The molecule has 0 spiro atoms. The van der Waals surface area contributed by atoms with E-state index in [1.54, 1.807) is 0 Å². The van der Waals surface area contributed by atoms with Crippen LogP contribution < -0.4 is 0 Å². The maximum absolute atomic E-state index is 12.5. The van der Waals surface area contributed by atoms with Gasteiger partial charge >= 0.3 is 0 Å². The van der Waals surface area contributed by atoms with Crippen molar-refractivity contribution in [1.29, 1.82) is 0 Å². The highest BCUT2D eigenvalue weighted by atomic mass is 32.2. The molecule has 1 aromatic rings. The predicted octanol–water partition coefficient (Wildman–Crippen LogP) is -1.51. The van der Waals surface area contributed by atoms with Crippen LogP contribution in [0.2, 0.25) is 0 Å². The van der Waals surface area contributed by atoms with E-state index in [1.165, 1.54) is 8.61 Å². The Morgan fingerprint density at radius 3 is 2.30 bits per heavy atom. The van der Waals surface area contributed by atoms with E-state index in [1.807, 2.05) is 30.3 Å². The molecule has 2 heterocycles. The Balaban J connectivity index is 1.67. The maximum Gasteiger partial charge on any atom is 0.282 e. The SMILES string of the molecule is O=S1(=O)N(Cc2ccccc2)CCN1C[C@H]1O[C@@H](O)[C@H](O)[C@@H]1O. The summed E-state index contributed by atoms with van der Waals surface area (Å²) in [5.74, 6) is 0. The van der Waals surface area contributed by atoms with Crippen molar-refractivity contribution in [2.24, 2.45) is 0 Å². The number of rotatable bonds is 4. The van der Waals surface area contributed by atoms with Crippen molar-refractivity contribution in [3.05, 3.63) is 35.9 Å². The van der Waals surface area contributed by atoms with E-state index in [2.05, 4.69) is 0 Å². The van der Waals surface area contributed by atoms with E-state index < -0.39 is 34.8 Å². The van der Waals surface area contributed by atoms with Gasteiger partial charge in [-0.25, -0.2) is 0 Å². The van der Waals surface area contributed by atoms with Crippen LogP contribution in [-0.2, 0) is 21.5 Å². The lowest BCUT2D eigenvalue weighted by molar-refractivity contribution is -0.128. The minimum atomic E-state index is -3.66. The summed E-state index contributed by atoms with van der Waals surface area (Å²) < 4.78 is 32.7. The first kappa shape index (κ1) is 16.8. The van der Waals surface area contributed by atoms with Crippen molar-refractivity contribution in [3.8, 4) is 0 Å². The minimum absolute atomic E-state index is 0.108. The van der Waals surface area contributed by atoms with Gasteiger partial charge in [-0.3, -0.25) is 0 Å². The highest BCUT2D eigenvalue weighted by Gasteiger charge is 2.46. The summed E-state index contributed by atoms with van der Waals surface area (Å²) >= 11 is 0. The van der Waals surface area contributed by atoms with Crippen LogP contribution in [0.3, 0.4) is 0 Å². The number of nitrogens with zero attached hydrogens (tertiary/aromatic N) is 2. The van der Waals surface area contributed by atoms with Gasteiger partial charge in [0.1, 0.15) is 18.3 Å². The first-order valence-corrected chi connectivity index (χ1v) is 8.78. The highest BCUT2D eigenvalue weighted by molar-refractivity contribution is 7.87. The zero-order valence-corrected chi connectivity index (χ0v) is 13.2. The van der Waals surface area contributed by atoms with Crippen LogP contribution in [-0.4, -0.2) is 76.6 Å². The molecule has 2 fully saturated rings. The standard InChI is InChI=1S/C14H20N2O6S/c17-12-11(22-14(19)13(12)18)9-16-7-6-15(23(16,20)21)8-10-4-2-1-3-5-10/h1-5,11-14,17-19H,6-9H2/t11-,12-,13-,14-/m1/s1. The Hall–Kier alpha value is -1.07. The van der Waals surface area contributed by atoms with Crippen molar-refractivity contribution in [1.82, 2.24) is 8.61 Å². The molecule has 0 aromatic heterocycles. The number of hydrogen-bond donors (Lipinski definition) is 3. The second-order valence-electron chi connectivity index (χ2n) is 5.73. The molecular weight excluding hydrogens is 324 g/mol. The average Bonchev–Trinajstić information content (AvgIpc) is 2.93. The Labute approximate surface area is 134 Å². The summed E-state index contributed by atoms with van der Waals surface area (Å²) in [5.41, 5.74) is 0.890. The first-order chi connectivity index (χ1) is 10.9. The van der Waals surface area contributed by atoms with Crippen molar-refractivity contribution >= 4 is 10.2 Å². The molecule has 2 aliphatic heterocycles. The summed E-state index contributed by atoms with van der Waals surface area (Å²) in [7, 11) is -3.66. The Kier molecular flexibility index (Phi) is 4.70. The summed E-state index contributed by atoms with van der Waals surface area (Å²) in [6.45, 7) is 0.779. The molecule has 128 valence electrons. The van der Waals surface area contributed by atoms with Gasteiger partial charge in [0.05, 0.1) is 0 Å². The second-order valence-corrected chi connectivity index (χ2v) is 7.66. The lowest BCUT2D eigenvalue weighted by Gasteiger charge is -2.22. The number of aliphatic hydroxyl groups excluding tert-OH is 3. The van der Waals surface area contributed by atoms with E-state index in [0.717, 1.165) is 5.56 Å². The van der Waals surface area contributed by atoms with Crippen molar-refractivity contribution in [2.75, 3.05) is 19.6 Å². The fraction of sp³-hybridized carbons (Fsp3) is 0.571. The zero-order chi connectivity index (χ0) is 16.6. The molecule has 8 nitrogen and oxygen atoms in total. The van der Waals surface area contributed by atoms with Gasteiger partial charge in [-0.05, 0) is 5.56 Å². The predicted molar refractivity (Wildman–Crippen MR) is 80.2 cm³/mol. The van der Waals surface area contributed by atoms with Crippen molar-refractivity contribution in [3.63, 3.8) is 0 Å². The third-order valence-electron chi connectivity index (χ3n) is 4.17. The third kappa shape index (κ3) is 3.26. The van der Waals surface area contributed by atoms with Crippen LogP contribution in [0.15, 0.2) is 30.3 Å². The van der Waals surface area contributed by atoms with Crippen LogP contribution >= 0.6 is 0 Å². The van der Waals surface area contributed by atoms with E-state index in [4.69, 9.17) is 4.74 Å². The molecule has 3 rings (SSSR count). The van der Waals surface area contributed by atoms with Gasteiger partial charge in [0.2, 0.25) is 0 Å². The molecule has 2 saturated heterocycles. The Morgan fingerprint density at radius 2 is 1.70 bits per heavy atom. The normalized spacial score (nSPS) is 34.9. The van der Waals surface area contributed by atoms with Gasteiger partial charge < -0.3 is 20.1 Å². The third-order valence-corrected chi connectivity index (χ3v) is 6.12. The molecule has 23 heavy (non-hydrogen) atoms. The van der Waals surface area contributed by atoms with E-state index >= 15 is 0 Å². The average molecular weight is 344 g/mol. The van der Waals surface area contributed by atoms with Crippen LogP contribution in [0.5, 0.6) is 0 Å². The Morgan fingerprint density at radius 1 is 1.04 bits per heavy atom. The molecular formula is C14H20N2O6S. The zero-order valence-electron chi connectivity index (χ0n) is 12.4. The molecule has 3 N–H and O–H groups in total. The molecule has 0 saturated carbocycles. The molecule has 0 unspecified atom stereocenters. The second kappa shape index (κ2) is 6.44. The van der Waals surface area contributed by atoms with Crippen LogP contribution in [0.1, 0.15) is 5.56 Å². The number of hydrogen-bond acceptors (Lipinski definition) is 6. The van der Waals surface area contributed by atoms with E-state index in [9.17, 15) is 23.7 Å². The minimum Gasteiger partial charge on any atom is -0.387 e. The number of ether oxygens (including phenoxy) is 1.